The molecule has 0 aliphatic heterocycles. The van der Waals surface area contributed by atoms with Crippen LogP contribution in [0, 0.1) is 68.0 Å². The van der Waals surface area contributed by atoms with E-state index in [9.17, 15) is 28.8 Å². The van der Waals surface area contributed by atoms with Crippen LogP contribution in [0.4, 0.5) is 5.69 Å². The minimum absolute atomic E-state index is 0.0512. The van der Waals surface area contributed by atoms with E-state index < -0.39 is 16.7 Å². The smallest absolute Gasteiger partial charge is 0.298 e. The second-order valence-electron chi connectivity index (χ2n) is 27.4. The number of aryl methyl sites for hydroxylation is 1. The predicted molar refractivity (Wildman–Crippen MR) is 500 cm³/mol. The topological polar surface area (TPSA) is 414 Å². The Morgan fingerprint density at radius 2 is 0.679 bits per heavy atom. The molecule has 10 aromatic carbocycles. The minimum atomic E-state index is -0.517. The van der Waals surface area contributed by atoms with Crippen LogP contribution in [0.2, 0.25) is 30.9 Å². The van der Waals surface area contributed by atoms with Gasteiger partial charge in [-0.2, -0.15) is 31.6 Å². The van der Waals surface area contributed by atoms with E-state index in [2.05, 4.69) is 63.4 Å². The van der Waals surface area contributed by atoms with Gasteiger partial charge in [0.25, 0.3) is 33.4 Å². The van der Waals surface area contributed by atoms with E-state index in [4.69, 9.17) is 115 Å². The third-order valence-corrected chi connectivity index (χ3v) is 20.7. The Kier molecular flexibility index (Phi) is 33.4. The van der Waals surface area contributed by atoms with Crippen LogP contribution in [0.5, 0.6) is 34.5 Å². The molecule has 0 atom stereocenters. The molecule has 0 unspecified atom stereocenters. The van der Waals surface area contributed by atoms with Crippen molar-refractivity contribution in [1.29, 1.82) is 31.6 Å². The molecule has 0 saturated heterocycles. The highest BCUT2D eigenvalue weighted by Gasteiger charge is 2.23. The molecule has 0 aliphatic rings. The van der Waals surface area contributed by atoms with Gasteiger partial charge in [0.05, 0.1) is 80.6 Å². The van der Waals surface area contributed by atoms with Crippen LogP contribution in [-0.2, 0) is 47.6 Å². The number of hydrogen-bond acceptors (Lipinski definition) is 22. The molecular weight excluding hydrogens is 1790 g/mol. The maximum atomic E-state index is 12.7. The second kappa shape index (κ2) is 46.0. The molecule has 28 nitrogen and oxygen atoms in total. The summed E-state index contributed by atoms with van der Waals surface area (Å²) in [5.41, 5.74) is 6.83. The van der Waals surface area contributed by atoms with Crippen LogP contribution in [0.3, 0.4) is 0 Å². The first-order valence-electron chi connectivity index (χ1n) is 38.8. The zero-order valence-corrected chi connectivity index (χ0v) is 73.8. The maximum absolute atomic E-state index is 12.7. The van der Waals surface area contributed by atoms with Gasteiger partial charge in [-0.05, 0) is 71.8 Å². The zero-order valence-electron chi connectivity index (χ0n) is 69.3. The lowest BCUT2D eigenvalue weighted by Crippen LogP contribution is -2.26. The number of aromatic amines is 2. The molecule has 34 heteroatoms. The second-order valence-corrected chi connectivity index (χ2v) is 29.5. The van der Waals surface area contributed by atoms with Crippen LogP contribution in [0.25, 0.3) is 45.6 Å². The summed E-state index contributed by atoms with van der Waals surface area (Å²) in [7, 11) is 6.47. The fraction of sp³-hybridized carbons (Fsp3) is 0.0722. The number of halogens is 6. The van der Waals surface area contributed by atoms with Crippen molar-refractivity contribution in [2.24, 2.45) is 28.2 Å². The van der Waals surface area contributed by atoms with Crippen molar-refractivity contribution in [3.63, 3.8) is 0 Å². The summed E-state index contributed by atoms with van der Waals surface area (Å²) in [4.78, 5) is 104. The average molecular weight is 1860 g/mol. The Bertz CT molecular complexity index is 7390. The number of para-hydroxylation sites is 4. The summed E-state index contributed by atoms with van der Waals surface area (Å²) in [5, 5.41) is 57.8. The molecular formula is C97H67Cl6N19O9. The van der Waals surface area contributed by atoms with Crippen molar-refractivity contribution >= 4 is 75.3 Å². The number of hydrogen-bond donors (Lipinski definition) is 3. The lowest BCUT2D eigenvalue weighted by atomic mass is 10.0. The number of benzene rings is 10. The number of nitrogens with one attached hydrogen (secondary N) is 3. The van der Waals surface area contributed by atoms with Gasteiger partial charge >= 0.3 is 0 Å². The summed E-state index contributed by atoms with van der Waals surface area (Å²) in [6.45, 7) is 0.187. The first-order chi connectivity index (χ1) is 63.4. The average Bonchev–Trinajstić information content (AvgIpc) is 0.792. The highest BCUT2D eigenvalue weighted by Crippen LogP contribution is 2.34. The molecule has 0 radical (unpaired) electrons. The van der Waals surface area contributed by atoms with Gasteiger partial charge in [0.1, 0.15) is 80.3 Å². The maximum Gasteiger partial charge on any atom is 0.298 e. The number of aromatic nitrogens is 12. The standard InChI is InChI=1S/C19H15ClN4O.2C18H12ClN3O2.C17H10ClN3O2.C13H10ClN3O.C12H8ClN3O/c1-24-18(13-7-3-2-4-8-13)23-17(20)15(19(24)25)12-22-16-10-6-5-9-14(16)11-21;2*1-22-17(12-7-3-2-4-8-12)21-16(19)15(18(22)23)24-14-10-6-5-9-13(14)11-20;18-15-14(23-13-9-5-4-8-12(13)10-19)17(22)21-16(20-15)11-6-2-1-3-7-11;1-17-8-16-12(14)11(13(17)18)6-9-4-2-3-5-10(9)7-15;13-11-10(12(17)16-7-15-11)5-8-3-1-2-4-9(8)6-14/h2-10,22H,12H2,1H3;2*2-10H,1H3;1-9H,(H,20,21,22);2-5,8H,6H2,1H3;1-4,7H,5H2,(H,15,16,17). The molecule has 16 rings (SSSR count). The Hall–Kier alpha value is -16.6. The molecule has 0 fully saturated rings. The van der Waals surface area contributed by atoms with Gasteiger partial charge in [-0.15, -0.1) is 0 Å². The molecule has 6 heterocycles. The summed E-state index contributed by atoms with van der Waals surface area (Å²) >= 11 is 36.5. The van der Waals surface area contributed by atoms with Gasteiger partial charge in [-0.3, -0.25) is 42.5 Å². The number of anilines is 1. The first kappa shape index (κ1) is 95.0. The Morgan fingerprint density at radius 1 is 0.336 bits per heavy atom. The summed E-state index contributed by atoms with van der Waals surface area (Å²) in [5.74, 6) is 2.13. The molecule has 131 heavy (non-hydrogen) atoms. The third kappa shape index (κ3) is 24.1. The third-order valence-electron chi connectivity index (χ3n) is 19.0. The molecule has 646 valence electrons. The quantitative estimate of drug-likeness (QED) is 0.0713. The minimum Gasteiger partial charge on any atom is -0.447 e. The van der Waals surface area contributed by atoms with Crippen molar-refractivity contribution in [3.05, 3.63) is 434 Å². The number of nitriles is 6. The number of H-pyrrole nitrogens is 2. The fourth-order valence-corrected chi connectivity index (χ4v) is 13.5. The lowest BCUT2D eigenvalue weighted by Gasteiger charge is -2.13. The Morgan fingerprint density at radius 3 is 1.10 bits per heavy atom. The van der Waals surface area contributed by atoms with Crippen molar-refractivity contribution in [2.75, 3.05) is 5.32 Å². The summed E-state index contributed by atoms with van der Waals surface area (Å²) in [6.07, 6.45) is 3.24. The summed E-state index contributed by atoms with van der Waals surface area (Å²) in [6, 6.07) is 90.4. The van der Waals surface area contributed by atoms with E-state index in [0.29, 0.717) is 91.9 Å². The molecule has 0 saturated carbocycles. The molecule has 0 bridgehead atoms. The largest absolute Gasteiger partial charge is 0.447 e. The van der Waals surface area contributed by atoms with Gasteiger partial charge in [-0.25, -0.2) is 29.9 Å². The van der Waals surface area contributed by atoms with E-state index in [1.165, 1.54) is 30.9 Å². The van der Waals surface area contributed by atoms with E-state index in [1.54, 1.807) is 168 Å². The van der Waals surface area contributed by atoms with Crippen LogP contribution >= 0.6 is 69.6 Å². The molecule has 3 N–H and O–H groups in total. The monoisotopic (exact) mass is 1850 g/mol. The van der Waals surface area contributed by atoms with E-state index >= 15 is 0 Å². The van der Waals surface area contributed by atoms with Crippen molar-refractivity contribution < 1.29 is 14.2 Å². The zero-order chi connectivity index (χ0) is 93.6. The number of rotatable bonds is 17. The van der Waals surface area contributed by atoms with Crippen LogP contribution < -0.4 is 52.9 Å². The fourth-order valence-electron chi connectivity index (χ4n) is 12.3. The summed E-state index contributed by atoms with van der Waals surface area (Å²) < 4.78 is 22.2. The predicted octanol–water partition coefficient (Wildman–Crippen LogP) is 18.7. The molecule has 0 aliphatic carbocycles. The van der Waals surface area contributed by atoms with Gasteiger partial charge in [0, 0.05) is 69.8 Å². The van der Waals surface area contributed by atoms with E-state index in [1.807, 2.05) is 146 Å². The highest BCUT2D eigenvalue weighted by atomic mass is 35.5. The van der Waals surface area contributed by atoms with Crippen LogP contribution in [0.15, 0.2) is 308 Å². The molecule has 0 spiro atoms. The van der Waals surface area contributed by atoms with Crippen molar-refractivity contribution in [2.45, 2.75) is 19.4 Å². The SMILES string of the molecule is Cn1c(-c2ccccc2)nc(Cl)c(CNc2ccccc2C#N)c1=O.Cn1c(-c2ccccc2)nc(Cl)c(Oc2ccccc2C#N)c1=O.Cn1c(-c2ccccc2)nc(Cl)c(Oc2ccccc2C#N)c1=O.Cn1cnc(Cl)c(Cc2ccccc2C#N)c1=O.N#Cc1ccccc1Cc1c(Cl)nc[nH]c1=O.N#Cc1ccccc1Oc1c(Cl)nc(-c2ccccc2)[nH]c1=O. The Labute approximate surface area is 777 Å². The van der Waals surface area contributed by atoms with Crippen LogP contribution in [0.1, 0.15) is 61.2 Å². The normalized spacial score (nSPS) is 10.1. The van der Waals surface area contributed by atoms with E-state index in [-0.39, 0.29) is 88.6 Å². The molecule has 0 amide bonds. The van der Waals surface area contributed by atoms with Gasteiger partial charge in [0.15, 0.2) is 15.5 Å². The number of nitrogens with zero attached hydrogens (tertiary/aromatic N) is 16. The van der Waals surface area contributed by atoms with Crippen LogP contribution in [-0.4, -0.2) is 58.1 Å². The van der Waals surface area contributed by atoms with E-state index in [0.717, 1.165) is 33.4 Å². The van der Waals surface area contributed by atoms with Crippen molar-refractivity contribution in [1.82, 2.24) is 58.1 Å². The Balaban J connectivity index is 0.000000153. The van der Waals surface area contributed by atoms with Gasteiger partial charge in [-0.1, -0.05) is 276 Å². The molecule has 6 aromatic heterocycles. The molecule has 16 aromatic rings. The first-order valence-corrected chi connectivity index (χ1v) is 41.1. The highest BCUT2D eigenvalue weighted by molar-refractivity contribution is 6.32. The lowest BCUT2D eigenvalue weighted by molar-refractivity contribution is 0.465. The van der Waals surface area contributed by atoms with Gasteiger partial charge in [0.2, 0.25) is 17.2 Å². The number of ether oxygens (including phenoxy) is 3. The van der Waals surface area contributed by atoms with Gasteiger partial charge < -0.3 is 34.1 Å². The van der Waals surface area contributed by atoms with Crippen molar-refractivity contribution in [3.8, 4) is 116 Å².